The highest BCUT2D eigenvalue weighted by atomic mass is 19.1. The number of nitrogens with zero attached hydrogens (tertiary/aromatic N) is 5. The fraction of sp³-hybridized carbons (Fsp3) is 0.333. The zero-order valence-corrected chi connectivity index (χ0v) is 22.3. The van der Waals surface area contributed by atoms with Crippen molar-refractivity contribution in [2.45, 2.75) is 57.8 Å². The average molecular weight is 543 g/mol. The van der Waals surface area contributed by atoms with Gasteiger partial charge in [0.05, 0.1) is 25.5 Å². The predicted molar refractivity (Wildman–Crippen MR) is 147 cm³/mol. The molecule has 1 aliphatic rings. The van der Waals surface area contributed by atoms with Crippen molar-refractivity contribution < 1.29 is 13.5 Å². The molecule has 1 saturated carbocycles. The van der Waals surface area contributed by atoms with E-state index in [9.17, 15) is 9.18 Å². The fourth-order valence-corrected chi connectivity index (χ4v) is 5.62. The van der Waals surface area contributed by atoms with E-state index in [-0.39, 0.29) is 17.4 Å². The summed E-state index contributed by atoms with van der Waals surface area (Å²) >= 11 is 0. The molecule has 1 atom stereocenters. The van der Waals surface area contributed by atoms with E-state index in [1.54, 1.807) is 18.4 Å². The van der Waals surface area contributed by atoms with Crippen molar-refractivity contribution in [2.75, 3.05) is 6.61 Å². The minimum Gasteiger partial charge on any atom is -0.494 e. The van der Waals surface area contributed by atoms with Gasteiger partial charge in [-0.3, -0.25) is 9.69 Å². The van der Waals surface area contributed by atoms with Crippen LogP contribution in [0.3, 0.4) is 0 Å². The quantitative estimate of drug-likeness (QED) is 0.247. The molecule has 1 unspecified atom stereocenters. The summed E-state index contributed by atoms with van der Waals surface area (Å²) in [5, 5.41) is 13.8. The zero-order chi connectivity index (χ0) is 27.5. The molecule has 206 valence electrons. The molecule has 0 radical (unpaired) electrons. The number of fused-ring (bicyclic) bond motifs is 1. The van der Waals surface area contributed by atoms with Crippen molar-refractivity contribution >= 4 is 10.9 Å². The Bertz CT molecular complexity index is 1620. The van der Waals surface area contributed by atoms with Gasteiger partial charge in [0, 0.05) is 23.0 Å². The number of rotatable bonds is 10. The molecule has 1 N–H and O–H groups in total. The first-order valence-corrected chi connectivity index (χ1v) is 13.7. The number of halogens is 1. The Kier molecular flexibility index (Phi) is 7.41. The van der Waals surface area contributed by atoms with Gasteiger partial charge < -0.3 is 14.1 Å². The van der Waals surface area contributed by atoms with Gasteiger partial charge in [-0.1, -0.05) is 25.0 Å². The van der Waals surface area contributed by atoms with Gasteiger partial charge in [-0.05, 0) is 84.3 Å². The van der Waals surface area contributed by atoms with E-state index in [0.717, 1.165) is 48.1 Å². The highest BCUT2D eigenvalue weighted by Crippen LogP contribution is 2.35. The van der Waals surface area contributed by atoms with E-state index in [4.69, 9.17) is 9.15 Å². The summed E-state index contributed by atoms with van der Waals surface area (Å²) in [4.78, 5) is 18.9. The molecule has 40 heavy (non-hydrogen) atoms. The first-order valence-electron chi connectivity index (χ1n) is 13.7. The van der Waals surface area contributed by atoms with Gasteiger partial charge in [-0.15, -0.1) is 5.10 Å². The van der Waals surface area contributed by atoms with Crippen LogP contribution in [0.2, 0.25) is 0 Å². The number of pyridine rings is 1. The third kappa shape index (κ3) is 5.40. The molecule has 0 aliphatic heterocycles. The topological polar surface area (TPSA) is 102 Å². The number of tetrazole rings is 1. The minimum absolute atomic E-state index is 0.160. The normalized spacial score (nSPS) is 14.8. The maximum atomic E-state index is 13.8. The maximum Gasteiger partial charge on any atom is 0.253 e. The van der Waals surface area contributed by atoms with E-state index < -0.39 is 6.04 Å². The number of H-pyrrole nitrogens is 1. The summed E-state index contributed by atoms with van der Waals surface area (Å²) in [5.41, 5.74) is 1.87. The number of hydrogen-bond donors (Lipinski definition) is 1. The van der Waals surface area contributed by atoms with E-state index >= 15 is 0 Å². The van der Waals surface area contributed by atoms with Gasteiger partial charge in [0.1, 0.15) is 23.4 Å². The first-order chi connectivity index (χ1) is 19.6. The van der Waals surface area contributed by atoms with E-state index in [1.807, 2.05) is 48.0 Å². The van der Waals surface area contributed by atoms with Crippen molar-refractivity contribution in [3.8, 4) is 5.75 Å². The lowest BCUT2D eigenvalue weighted by atomic mass is 10.0. The van der Waals surface area contributed by atoms with Crippen molar-refractivity contribution in [1.82, 2.24) is 30.1 Å². The van der Waals surface area contributed by atoms with Crippen LogP contribution >= 0.6 is 0 Å². The summed E-state index contributed by atoms with van der Waals surface area (Å²) in [6.45, 7) is 3.25. The van der Waals surface area contributed by atoms with E-state index in [2.05, 4.69) is 25.4 Å². The van der Waals surface area contributed by atoms with Crippen molar-refractivity contribution in [3.05, 3.63) is 106 Å². The molecule has 5 aromatic rings. The Morgan fingerprint density at radius 3 is 2.70 bits per heavy atom. The second-order valence-corrected chi connectivity index (χ2v) is 10.2. The largest absolute Gasteiger partial charge is 0.494 e. The summed E-state index contributed by atoms with van der Waals surface area (Å²) in [5.74, 6) is 1.73. The standard InChI is InChI=1S/C30H31FN6O3/c1-2-39-24-13-14-27-21(16-24)17-26(30(38)32-27)28(29-33-34-35-37(29)23-6-3-4-7-23)36(19-25-8-5-15-40-25)18-20-9-11-22(31)12-10-20/h5,8-17,23,28H,2-4,6-7,18-19H2,1H3,(H,32,38). The molecule has 0 saturated heterocycles. The number of furan rings is 1. The van der Waals surface area contributed by atoms with Crippen LogP contribution in [0.1, 0.15) is 67.4 Å². The maximum absolute atomic E-state index is 13.8. The molecule has 3 heterocycles. The Hall–Kier alpha value is -4.31. The van der Waals surface area contributed by atoms with E-state index in [0.29, 0.717) is 36.6 Å². The molecule has 0 amide bonds. The van der Waals surface area contributed by atoms with Gasteiger partial charge in [0.25, 0.3) is 5.56 Å². The molecular formula is C30H31FN6O3. The Morgan fingerprint density at radius 2 is 1.95 bits per heavy atom. The molecule has 1 aliphatic carbocycles. The smallest absolute Gasteiger partial charge is 0.253 e. The molecule has 6 rings (SSSR count). The van der Waals surface area contributed by atoms with Gasteiger partial charge >= 0.3 is 0 Å². The SMILES string of the molecule is CCOc1ccc2[nH]c(=O)c(C(c3nnnn3C3CCCC3)N(Cc3ccc(F)cc3)Cc3ccco3)cc2c1. The van der Waals surface area contributed by atoms with Gasteiger partial charge in [0.15, 0.2) is 5.82 Å². The molecule has 1 fully saturated rings. The van der Waals surface area contributed by atoms with Crippen LogP contribution in [-0.4, -0.2) is 36.7 Å². The Labute approximate surface area is 230 Å². The number of nitrogens with one attached hydrogen (secondary N) is 1. The molecule has 10 heteroatoms. The molecule has 0 bridgehead atoms. The number of ether oxygens (including phenoxy) is 1. The second kappa shape index (κ2) is 11.4. The van der Waals surface area contributed by atoms with Gasteiger partial charge in [-0.2, -0.15) is 0 Å². The van der Waals surface area contributed by atoms with Crippen LogP contribution in [0.15, 0.2) is 76.1 Å². The number of aromatic amines is 1. The Balaban J connectivity index is 1.52. The third-order valence-corrected chi connectivity index (χ3v) is 7.49. The van der Waals surface area contributed by atoms with Crippen LogP contribution in [0.5, 0.6) is 5.75 Å². The summed E-state index contributed by atoms with van der Waals surface area (Å²) in [7, 11) is 0. The predicted octanol–water partition coefficient (Wildman–Crippen LogP) is 5.55. The van der Waals surface area contributed by atoms with E-state index in [1.165, 1.54) is 12.1 Å². The fourth-order valence-electron chi connectivity index (χ4n) is 5.62. The molecule has 9 nitrogen and oxygen atoms in total. The second-order valence-electron chi connectivity index (χ2n) is 10.2. The zero-order valence-electron chi connectivity index (χ0n) is 22.3. The molecule has 0 spiro atoms. The minimum atomic E-state index is -0.616. The summed E-state index contributed by atoms with van der Waals surface area (Å²) in [6.07, 6.45) is 5.80. The van der Waals surface area contributed by atoms with Crippen LogP contribution in [0.25, 0.3) is 10.9 Å². The highest BCUT2D eigenvalue weighted by Gasteiger charge is 2.34. The van der Waals surface area contributed by atoms with Gasteiger partial charge in [0.2, 0.25) is 0 Å². The van der Waals surface area contributed by atoms with Crippen LogP contribution in [0.4, 0.5) is 4.39 Å². The first kappa shape index (κ1) is 25.9. The van der Waals surface area contributed by atoms with Gasteiger partial charge in [-0.25, -0.2) is 9.07 Å². The number of hydrogen-bond acceptors (Lipinski definition) is 7. The highest BCUT2D eigenvalue weighted by molar-refractivity contribution is 5.80. The lowest BCUT2D eigenvalue weighted by molar-refractivity contribution is 0.176. The third-order valence-electron chi connectivity index (χ3n) is 7.49. The van der Waals surface area contributed by atoms with Crippen LogP contribution < -0.4 is 10.3 Å². The van der Waals surface area contributed by atoms with Crippen molar-refractivity contribution in [3.63, 3.8) is 0 Å². The number of benzene rings is 2. The van der Waals surface area contributed by atoms with Crippen molar-refractivity contribution in [2.24, 2.45) is 0 Å². The van der Waals surface area contributed by atoms with Crippen LogP contribution in [-0.2, 0) is 13.1 Å². The molecular weight excluding hydrogens is 511 g/mol. The van der Waals surface area contributed by atoms with Crippen LogP contribution in [0, 0.1) is 5.82 Å². The summed E-state index contributed by atoms with van der Waals surface area (Å²) < 4.78 is 27.1. The monoisotopic (exact) mass is 542 g/mol. The average Bonchev–Trinajstić information content (AvgIpc) is 3.74. The molecule has 3 aromatic heterocycles. The number of aromatic nitrogens is 5. The Morgan fingerprint density at radius 1 is 1.12 bits per heavy atom. The van der Waals surface area contributed by atoms with Crippen molar-refractivity contribution in [1.29, 1.82) is 0 Å². The summed E-state index contributed by atoms with van der Waals surface area (Å²) in [6, 6.07) is 17.2. The lowest BCUT2D eigenvalue weighted by Crippen LogP contribution is -2.35. The lowest BCUT2D eigenvalue weighted by Gasteiger charge is -2.31. The molecule has 2 aromatic carbocycles.